The summed E-state index contributed by atoms with van der Waals surface area (Å²) in [5.74, 6) is 1.67. The third kappa shape index (κ3) is 4.38. The summed E-state index contributed by atoms with van der Waals surface area (Å²) in [6, 6.07) is 5.83. The molecule has 1 aromatic carbocycles. The summed E-state index contributed by atoms with van der Waals surface area (Å²) in [7, 11) is 0. The summed E-state index contributed by atoms with van der Waals surface area (Å²) in [6.45, 7) is 5.10. The number of ether oxygens (including phenoxy) is 2. The van der Waals surface area contributed by atoms with Crippen LogP contribution in [0.3, 0.4) is 0 Å². The molecule has 2 N–H and O–H groups in total. The van der Waals surface area contributed by atoms with Crippen molar-refractivity contribution in [2.24, 2.45) is 0 Å². The van der Waals surface area contributed by atoms with E-state index < -0.39 is 0 Å². The molecule has 1 amide bonds. The van der Waals surface area contributed by atoms with Gasteiger partial charge in [-0.1, -0.05) is 12.5 Å². The van der Waals surface area contributed by atoms with Gasteiger partial charge in [-0.2, -0.15) is 0 Å². The Kier molecular flexibility index (Phi) is 5.39. The first kappa shape index (κ1) is 16.1. The van der Waals surface area contributed by atoms with Gasteiger partial charge in [-0.25, -0.2) is 0 Å². The summed E-state index contributed by atoms with van der Waals surface area (Å²) in [4.78, 5) is 13.8. The maximum atomic E-state index is 12.3. The molecule has 1 aromatic rings. The van der Waals surface area contributed by atoms with Gasteiger partial charge in [-0.15, -0.1) is 0 Å². The molecule has 0 spiro atoms. The minimum Gasteiger partial charge on any atom is -0.454 e. The van der Waals surface area contributed by atoms with E-state index in [1.165, 1.54) is 37.0 Å². The molecule has 3 rings (SSSR count). The van der Waals surface area contributed by atoms with Crippen LogP contribution in [0.1, 0.15) is 50.6 Å². The third-order valence-corrected chi connectivity index (χ3v) is 4.75. The van der Waals surface area contributed by atoms with E-state index in [-0.39, 0.29) is 18.7 Å². The minimum absolute atomic E-state index is 0.0221. The lowest BCUT2D eigenvalue weighted by Gasteiger charge is -2.22. The van der Waals surface area contributed by atoms with Crippen molar-refractivity contribution in [3.63, 3.8) is 0 Å². The molecule has 126 valence electrons. The van der Waals surface area contributed by atoms with Gasteiger partial charge in [0.2, 0.25) is 6.79 Å². The highest BCUT2D eigenvalue weighted by Crippen LogP contribution is 2.34. The second-order valence-corrected chi connectivity index (χ2v) is 6.60. The molecule has 5 nitrogen and oxygen atoms in total. The molecule has 0 radical (unpaired) electrons. The molecule has 23 heavy (non-hydrogen) atoms. The van der Waals surface area contributed by atoms with E-state index in [1.807, 2.05) is 25.1 Å². The van der Waals surface area contributed by atoms with E-state index in [9.17, 15) is 4.79 Å². The number of carbonyl (C=O) groups is 1. The van der Waals surface area contributed by atoms with Gasteiger partial charge in [-0.05, 0) is 50.3 Å². The first-order valence-corrected chi connectivity index (χ1v) is 8.75. The molecule has 0 unspecified atom stereocenters. The monoisotopic (exact) mass is 319 g/mol. The second-order valence-electron chi connectivity index (χ2n) is 6.60. The van der Waals surface area contributed by atoms with E-state index in [2.05, 4.69) is 5.32 Å². The van der Waals surface area contributed by atoms with Crippen molar-refractivity contribution in [2.45, 2.75) is 45.1 Å². The van der Waals surface area contributed by atoms with Crippen LogP contribution in [-0.4, -0.2) is 32.3 Å². The summed E-state index contributed by atoms with van der Waals surface area (Å²) < 4.78 is 10.7. The van der Waals surface area contributed by atoms with Crippen LogP contribution in [-0.2, 0) is 4.79 Å². The smallest absolute Gasteiger partial charge is 0.275 e. The topological polar surface area (TPSA) is 52.0 Å². The van der Waals surface area contributed by atoms with Gasteiger partial charge in [0.1, 0.15) is 0 Å². The SMILES string of the molecule is C[C@@H](NC(=O)C[NH+]1CCCCCCC1)c1ccc2c(c1)OCO2. The highest BCUT2D eigenvalue weighted by atomic mass is 16.7. The lowest BCUT2D eigenvalue weighted by Crippen LogP contribution is -3.13. The van der Waals surface area contributed by atoms with Crippen LogP contribution in [0.25, 0.3) is 0 Å². The fourth-order valence-corrected chi connectivity index (χ4v) is 3.37. The molecule has 0 saturated carbocycles. The molecule has 1 atom stereocenters. The number of carbonyl (C=O) groups excluding carboxylic acids is 1. The van der Waals surface area contributed by atoms with Gasteiger partial charge in [0, 0.05) is 0 Å². The van der Waals surface area contributed by atoms with E-state index in [1.54, 1.807) is 0 Å². The van der Waals surface area contributed by atoms with Crippen molar-refractivity contribution in [1.29, 1.82) is 0 Å². The van der Waals surface area contributed by atoms with Crippen molar-refractivity contribution in [1.82, 2.24) is 5.32 Å². The zero-order chi connectivity index (χ0) is 16.1. The highest BCUT2D eigenvalue weighted by Gasteiger charge is 2.19. The Morgan fingerprint density at radius 2 is 1.83 bits per heavy atom. The minimum atomic E-state index is -0.0221. The van der Waals surface area contributed by atoms with E-state index in [4.69, 9.17) is 9.47 Å². The Hall–Kier alpha value is -1.75. The molecule has 0 bridgehead atoms. The summed E-state index contributed by atoms with van der Waals surface area (Å²) in [5, 5.41) is 3.11. The Morgan fingerprint density at radius 3 is 2.61 bits per heavy atom. The number of likely N-dealkylation sites (tertiary alicyclic amines) is 1. The van der Waals surface area contributed by atoms with Crippen LogP contribution < -0.4 is 19.7 Å². The van der Waals surface area contributed by atoms with E-state index in [0.29, 0.717) is 6.54 Å². The summed E-state index contributed by atoms with van der Waals surface area (Å²) in [5.41, 5.74) is 1.05. The van der Waals surface area contributed by atoms with Crippen LogP contribution in [0.2, 0.25) is 0 Å². The number of quaternary nitrogens is 1. The number of amides is 1. The van der Waals surface area contributed by atoms with Crippen molar-refractivity contribution in [3.8, 4) is 11.5 Å². The zero-order valence-corrected chi connectivity index (χ0v) is 13.9. The van der Waals surface area contributed by atoms with Gasteiger partial charge in [0.05, 0.1) is 19.1 Å². The van der Waals surface area contributed by atoms with Gasteiger partial charge in [0.25, 0.3) is 5.91 Å². The van der Waals surface area contributed by atoms with E-state index >= 15 is 0 Å². The molecular formula is C18H27N2O3+. The van der Waals surface area contributed by atoms with Crippen molar-refractivity contribution < 1.29 is 19.2 Å². The average Bonchev–Trinajstić information content (AvgIpc) is 2.97. The molecule has 2 aliphatic heterocycles. The van der Waals surface area contributed by atoms with Crippen LogP contribution in [0.4, 0.5) is 0 Å². The summed E-state index contributed by atoms with van der Waals surface area (Å²) >= 11 is 0. The zero-order valence-electron chi connectivity index (χ0n) is 13.9. The third-order valence-electron chi connectivity index (χ3n) is 4.75. The summed E-state index contributed by atoms with van der Waals surface area (Å²) in [6.07, 6.45) is 6.43. The molecule has 0 aliphatic carbocycles. The van der Waals surface area contributed by atoms with Gasteiger partial charge < -0.3 is 19.7 Å². The fraction of sp³-hybridized carbons (Fsp3) is 0.611. The van der Waals surface area contributed by atoms with Gasteiger partial charge in [0.15, 0.2) is 18.0 Å². The van der Waals surface area contributed by atoms with Crippen LogP contribution >= 0.6 is 0 Å². The standard InChI is InChI=1S/C18H26N2O3/c1-14(15-7-8-16-17(11-15)23-13-22-16)19-18(21)12-20-9-5-3-2-4-6-10-20/h7-8,11,14H,2-6,9-10,12-13H2,1H3,(H,19,21)/p+1/t14-/m1/s1. The van der Waals surface area contributed by atoms with Crippen LogP contribution in [0, 0.1) is 0 Å². The number of fused-ring (bicyclic) bond motifs is 1. The maximum Gasteiger partial charge on any atom is 0.275 e. The molecule has 0 aromatic heterocycles. The largest absolute Gasteiger partial charge is 0.454 e. The first-order chi connectivity index (χ1) is 11.2. The fourth-order valence-electron chi connectivity index (χ4n) is 3.37. The number of hydrogen-bond donors (Lipinski definition) is 2. The predicted molar refractivity (Wildman–Crippen MR) is 87.8 cm³/mol. The van der Waals surface area contributed by atoms with E-state index in [0.717, 1.165) is 30.2 Å². The Morgan fingerprint density at radius 1 is 1.13 bits per heavy atom. The maximum absolute atomic E-state index is 12.3. The average molecular weight is 319 g/mol. The first-order valence-electron chi connectivity index (χ1n) is 8.75. The molecular weight excluding hydrogens is 292 g/mol. The second kappa shape index (κ2) is 7.68. The molecule has 2 aliphatic rings. The molecule has 1 fully saturated rings. The number of hydrogen-bond acceptors (Lipinski definition) is 3. The quantitative estimate of drug-likeness (QED) is 0.883. The van der Waals surface area contributed by atoms with Crippen LogP contribution in [0.15, 0.2) is 18.2 Å². The van der Waals surface area contributed by atoms with Crippen LogP contribution in [0.5, 0.6) is 11.5 Å². The van der Waals surface area contributed by atoms with Gasteiger partial charge in [-0.3, -0.25) is 4.79 Å². The Labute approximate surface area is 137 Å². The predicted octanol–water partition coefficient (Wildman–Crippen LogP) is 1.44. The number of benzene rings is 1. The molecule has 1 saturated heterocycles. The Bertz CT molecular complexity index is 539. The van der Waals surface area contributed by atoms with Crippen molar-refractivity contribution in [2.75, 3.05) is 26.4 Å². The molecule has 5 heteroatoms. The normalized spacial score (nSPS) is 19.7. The Balaban J connectivity index is 1.52. The number of rotatable bonds is 4. The van der Waals surface area contributed by atoms with Crippen molar-refractivity contribution in [3.05, 3.63) is 23.8 Å². The van der Waals surface area contributed by atoms with Gasteiger partial charge >= 0.3 is 0 Å². The lowest BCUT2D eigenvalue weighted by atomic mass is 10.1. The number of nitrogens with one attached hydrogen (secondary N) is 2. The molecule has 2 heterocycles. The highest BCUT2D eigenvalue weighted by molar-refractivity contribution is 5.77. The van der Waals surface area contributed by atoms with Crippen molar-refractivity contribution >= 4 is 5.91 Å². The lowest BCUT2D eigenvalue weighted by molar-refractivity contribution is -0.893.